The van der Waals surface area contributed by atoms with Crippen LogP contribution in [0.2, 0.25) is 0 Å². The first kappa shape index (κ1) is 13.8. The molecule has 0 aliphatic carbocycles. The highest BCUT2D eigenvalue weighted by Crippen LogP contribution is 2.20. The fraction of sp³-hybridized carbons (Fsp3) is 0.500. The summed E-state index contributed by atoms with van der Waals surface area (Å²) in [4.78, 5) is 25.6. The molecule has 0 spiro atoms. The van der Waals surface area contributed by atoms with E-state index in [1.165, 1.54) is 0 Å². The minimum atomic E-state index is 0.166. The van der Waals surface area contributed by atoms with Crippen LogP contribution in [0.25, 0.3) is 0 Å². The van der Waals surface area contributed by atoms with Crippen LogP contribution < -0.4 is 0 Å². The number of nitrogens with zero attached hydrogens (tertiary/aromatic N) is 1. The highest BCUT2D eigenvalue weighted by atomic mass is 16.2. The number of carbonyl (C=O) groups excluding carboxylic acids is 2. The van der Waals surface area contributed by atoms with Crippen molar-refractivity contribution in [2.24, 2.45) is 5.92 Å². The number of likely N-dealkylation sites (tertiary alicyclic amines) is 1. The van der Waals surface area contributed by atoms with Gasteiger partial charge in [-0.1, -0.05) is 43.7 Å². The molecule has 1 unspecified atom stereocenters. The third-order valence-corrected chi connectivity index (χ3v) is 3.80. The van der Waals surface area contributed by atoms with Crippen molar-refractivity contribution in [1.29, 1.82) is 0 Å². The molecular weight excluding hydrogens is 238 g/mol. The van der Waals surface area contributed by atoms with Gasteiger partial charge in [0.15, 0.2) is 5.78 Å². The van der Waals surface area contributed by atoms with Crippen LogP contribution in [0, 0.1) is 5.92 Å². The Morgan fingerprint density at radius 1 is 1.32 bits per heavy atom. The van der Waals surface area contributed by atoms with Crippen LogP contribution in [0.1, 0.15) is 43.0 Å². The molecule has 0 bridgehead atoms. The second-order valence-electron chi connectivity index (χ2n) is 5.21. The van der Waals surface area contributed by atoms with Gasteiger partial charge >= 0.3 is 0 Å². The van der Waals surface area contributed by atoms with Gasteiger partial charge in [0.2, 0.25) is 5.91 Å². The second-order valence-corrected chi connectivity index (χ2v) is 5.21. The number of amides is 1. The average molecular weight is 259 g/mol. The van der Waals surface area contributed by atoms with Gasteiger partial charge in [0.05, 0.1) is 0 Å². The Hall–Kier alpha value is -1.64. The summed E-state index contributed by atoms with van der Waals surface area (Å²) in [6.07, 6.45) is 3.02. The quantitative estimate of drug-likeness (QED) is 0.737. The van der Waals surface area contributed by atoms with E-state index >= 15 is 0 Å². The molecule has 2 rings (SSSR count). The molecule has 0 aromatic heterocycles. The second kappa shape index (κ2) is 6.50. The standard InChI is InChI=1S/C16H21NO2/c1-2-13-11-16(19)17(12-13)10-6-9-15(18)14-7-4-3-5-8-14/h3-5,7-8,13H,2,6,9-12H2,1H3. The van der Waals surface area contributed by atoms with Crippen molar-refractivity contribution >= 4 is 11.7 Å². The van der Waals surface area contributed by atoms with E-state index in [2.05, 4.69) is 6.92 Å². The van der Waals surface area contributed by atoms with Crippen LogP contribution in [0.5, 0.6) is 0 Å². The molecule has 0 radical (unpaired) electrons. The van der Waals surface area contributed by atoms with E-state index in [9.17, 15) is 9.59 Å². The minimum Gasteiger partial charge on any atom is -0.342 e. The van der Waals surface area contributed by atoms with Crippen LogP contribution in [0.3, 0.4) is 0 Å². The van der Waals surface area contributed by atoms with Gasteiger partial charge < -0.3 is 4.90 Å². The molecule has 3 heteroatoms. The van der Waals surface area contributed by atoms with Crippen LogP contribution in [-0.4, -0.2) is 29.7 Å². The molecule has 1 heterocycles. The number of hydrogen-bond donors (Lipinski definition) is 0. The van der Waals surface area contributed by atoms with E-state index < -0.39 is 0 Å². The number of rotatable bonds is 6. The Kier molecular flexibility index (Phi) is 4.72. The van der Waals surface area contributed by atoms with Gasteiger partial charge in [0, 0.05) is 31.5 Å². The van der Waals surface area contributed by atoms with Crippen molar-refractivity contribution in [1.82, 2.24) is 4.90 Å². The maximum Gasteiger partial charge on any atom is 0.222 e. The van der Waals surface area contributed by atoms with E-state index in [0.717, 1.165) is 24.9 Å². The molecule has 1 fully saturated rings. The summed E-state index contributed by atoms with van der Waals surface area (Å²) in [6.45, 7) is 3.71. The molecule has 1 amide bonds. The molecule has 1 aromatic carbocycles. The first-order valence-corrected chi connectivity index (χ1v) is 7.06. The van der Waals surface area contributed by atoms with Crippen molar-refractivity contribution in [3.8, 4) is 0 Å². The summed E-state index contributed by atoms with van der Waals surface area (Å²) in [6, 6.07) is 9.35. The van der Waals surface area contributed by atoms with E-state index in [1.807, 2.05) is 35.2 Å². The fourth-order valence-corrected chi connectivity index (χ4v) is 2.54. The van der Waals surface area contributed by atoms with E-state index in [4.69, 9.17) is 0 Å². The van der Waals surface area contributed by atoms with Crippen molar-refractivity contribution in [3.05, 3.63) is 35.9 Å². The Morgan fingerprint density at radius 3 is 2.68 bits per heavy atom. The maximum absolute atomic E-state index is 11.9. The smallest absolute Gasteiger partial charge is 0.222 e. The van der Waals surface area contributed by atoms with Crippen LogP contribution >= 0.6 is 0 Å². The highest BCUT2D eigenvalue weighted by molar-refractivity contribution is 5.95. The zero-order valence-electron chi connectivity index (χ0n) is 11.5. The Labute approximate surface area is 114 Å². The van der Waals surface area contributed by atoms with Crippen LogP contribution in [-0.2, 0) is 4.79 Å². The Bertz CT molecular complexity index is 441. The molecule has 0 N–H and O–H groups in total. The predicted molar refractivity (Wildman–Crippen MR) is 75.0 cm³/mol. The van der Waals surface area contributed by atoms with Crippen molar-refractivity contribution in [3.63, 3.8) is 0 Å². The summed E-state index contributed by atoms with van der Waals surface area (Å²) < 4.78 is 0. The van der Waals surface area contributed by atoms with Gasteiger partial charge in [-0.05, 0) is 12.3 Å². The SMILES string of the molecule is CCC1CC(=O)N(CCCC(=O)c2ccccc2)C1. The molecule has 1 saturated heterocycles. The van der Waals surface area contributed by atoms with Crippen molar-refractivity contribution < 1.29 is 9.59 Å². The monoisotopic (exact) mass is 259 g/mol. The maximum atomic E-state index is 11.9. The van der Waals surface area contributed by atoms with Crippen molar-refractivity contribution in [2.45, 2.75) is 32.6 Å². The summed E-state index contributed by atoms with van der Waals surface area (Å²) >= 11 is 0. The predicted octanol–water partition coefficient (Wildman–Crippen LogP) is 2.91. The highest BCUT2D eigenvalue weighted by Gasteiger charge is 2.27. The zero-order chi connectivity index (χ0) is 13.7. The molecule has 1 atom stereocenters. The van der Waals surface area contributed by atoms with E-state index in [0.29, 0.717) is 25.3 Å². The topological polar surface area (TPSA) is 37.4 Å². The number of Topliss-reactive ketones (excluding diaryl/α,β-unsaturated/α-hetero) is 1. The van der Waals surface area contributed by atoms with Gasteiger partial charge in [-0.25, -0.2) is 0 Å². The van der Waals surface area contributed by atoms with Gasteiger partial charge in [-0.15, -0.1) is 0 Å². The normalized spacial score (nSPS) is 18.9. The third kappa shape index (κ3) is 3.66. The number of carbonyl (C=O) groups is 2. The molecule has 1 aromatic rings. The van der Waals surface area contributed by atoms with Gasteiger partial charge in [-0.2, -0.15) is 0 Å². The van der Waals surface area contributed by atoms with Crippen LogP contribution in [0.15, 0.2) is 30.3 Å². The summed E-state index contributed by atoms with van der Waals surface area (Å²) in [5, 5.41) is 0. The van der Waals surface area contributed by atoms with Crippen molar-refractivity contribution in [2.75, 3.05) is 13.1 Å². The molecule has 0 saturated carbocycles. The lowest BCUT2D eigenvalue weighted by atomic mass is 10.1. The zero-order valence-corrected chi connectivity index (χ0v) is 11.5. The Morgan fingerprint density at radius 2 is 2.05 bits per heavy atom. The molecule has 102 valence electrons. The molecule has 3 nitrogen and oxygen atoms in total. The lowest BCUT2D eigenvalue weighted by Crippen LogP contribution is -2.26. The number of hydrogen-bond acceptors (Lipinski definition) is 2. The van der Waals surface area contributed by atoms with E-state index in [-0.39, 0.29) is 11.7 Å². The number of ketones is 1. The molecule has 1 aliphatic rings. The first-order valence-electron chi connectivity index (χ1n) is 7.06. The summed E-state index contributed by atoms with van der Waals surface area (Å²) in [5.41, 5.74) is 0.765. The lowest BCUT2D eigenvalue weighted by Gasteiger charge is -2.15. The summed E-state index contributed by atoms with van der Waals surface area (Å²) in [7, 11) is 0. The molecule has 1 aliphatic heterocycles. The lowest BCUT2D eigenvalue weighted by molar-refractivity contribution is -0.127. The van der Waals surface area contributed by atoms with Crippen LogP contribution in [0.4, 0.5) is 0 Å². The Balaban J connectivity index is 1.75. The minimum absolute atomic E-state index is 0.166. The first-order chi connectivity index (χ1) is 9.20. The third-order valence-electron chi connectivity index (χ3n) is 3.80. The van der Waals surface area contributed by atoms with Gasteiger partial charge in [0.25, 0.3) is 0 Å². The van der Waals surface area contributed by atoms with Gasteiger partial charge in [0.1, 0.15) is 0 Å². The average Bonchev–Trinajstić information content (AvgIpc) is 2.80. The fourth-order valence-electron chi connectivity index (χ4n) is 2.54. The molecule has 19 heavy (non-hydrogen) atoms. The number of benzene rings is 1. The largest absolute Gasteiger partial charge is 0.342 e. The van der Waals surface area contributed by atoms with Gasteiger partial charge in [-0.3, -0.25) is 9.59 Å². The summed E-state index contributed by atoms with van der Waals surface area (Å²) in [5.74, 6) is 0.927. The molecular formula is C16H21NO2. The van der Waals surface area contributed by atoms with E-state index in [1.54, 1.807) is 0 Å².